The summed E-state index contributed by atoms with van der Waals surface area (Å²) in [7, 11) is 0. The minimum Gasteiger partial charge on any atom is -0.386 e. The third-order valence-corrected chi connectivity index (χ3v) is 5.23. The monoisotopic (exact) mass is 305 g/mol. The van der Waals surface area contributed by atoms with Crippen LogP contribution in [-0.2, 0) is 16.1 Å². The summed E-state index contributed by atoms with van der Waals surface area (Å²) in [5.41, 5.74) is 0.614. The van der Waals surface area contributed by atoms with Crippen LogP contribution in [0.1, 0.15) is 32.3 Å². The van der Waals surface area contributed by atoms with Crippen LogP contribution in [0.15, 0.2) is 30.3 Å². The summed E-state index contributed by atoms with van der Waals surface area (Å²) in [4.78, 5) is 0. The second-order valence-corrected chi connectivity index (χ2v) is 7.30. The van der Waals surface area contributed by atoms with Gasteiger partial charge in [0.05, 0.1) is 19.3 Å². The van der Waals surface area contributed by atoms with Crippen molar-refractivity contribution in [3.05, 3.63) is 35.9 Å². The van der Waals surface area contributed by atoms with Gasteiger partial charge in [-0.25, -0.2) is 0 Å². The molecule has 0 aromatic heterocycles. The van der Waals surface area contributed by atoms with Crippen LogP contribution in [0, 0.1) is 5.41 Å². The van der Waals surface area contributed by atoms with Crippen molar-refractivity contribution in [2.24, 2.45) is 5.41 Å². The van der Waals surface area contributed by atoms with Crippen LogP contribution in [0.2, 0.25) is 0 Å². The minimum atomic E-state index is -0.688. The van der Waals surface area contributed by atoms with Crippen molar-refractivity contribution < 1.29 is 14.6 Å². The molecule has 1 aliphatic heterocycles. The zero-order valence-electron chi connectivity index (χ0n) is 13.5. The predicted molar refractivity (Wildman–Crippen MR) is 85.6 cm³/mol. The molecule has 1 heterocycles. The topological polar surface area (TPSA) is 50.7 Å². The highest BCUT2D eigenvalue weighted by molar-refractivity contribution is 5.14. The molecule has 1 aromatic carbocycles. The molecule has 0 spiro atoms. The quantitative estimate of drug-likeness (QED) is 0.845. The molecule has 1 aliphatic carbocycles. The van der Waals surface area contributed by atoms with E-state index in [0.29, 0.717) is 32.4 Å². The Bertz CT molecular complexity index is 482. The molecule has 1 saturated carbocycles. The van der Waals surface area contributed by atoms with E-state index in [4.69, 9.17) is 9.47 Å². The lowest BCUT2D eigenvalue weighted by atomic mass is 9.64. The summed E-state index contributed by atoms with van der Waals surface area (Å²) in [5, 5.41) is 13.8. The molecule has 22 heavy (non-hydrogen) atoms. The number of nitrogens with one attached hydrogen (secondary N) is 1. The van der Waals surface area contributed by atoms with E-state index in [9.17, 15) is 5.11 Å². The van der Waals surface area contributed by atoms with Crippen LogP contribution < -0.4 is 5.32 Å². The van der Waals surface area contributed by atoms with Crippen LogP contribution in [0.5, 0.6) is 0 Å². The average molecular weight is 305 g/mol. The molecule has 2 fully saturated rings. The maximum atomic E-state index is 10.3. The zero-order valence-corrected chi connectivity index (χ0v) is 13.5. The van der Waals surface area contributed by atoms with Crippen LogP contribution in [0.3, 0.4) is 0 Å². The van der Waals surface area contributed by atoms with Crippen LogP contribution >= 0.6 is 0 Å². The number of benzene rings is 1. The Labute approximate surface area is 132 Å². The van der Waals surface area contributed by atoms with Crippen molar-refractivity contribution >= 4 is 0 Å². The van der Waals surface area contributed by atoms with E-state index in [2.05, 4.69) is 31.3 Å². The van der Waals surface area contributed by atoms with E-state index in [-0.39, 0.29) is 11.5 Å². The first-order chi connectivity index (χ1) is 10.5. The molecule has 0 bridgehead atoms. The van der Waals surface area contributed by atoms with Gasteiger partial charge in [0, 0.05) is 31.0 Å². The molecule has 122 valence electrons. The fraction of sp³-hybridized carbons (Fsp3) is 0.667. The largest absolute Gasteiger partial charge is 0.386 e. The molecule has 0 unspecified atom stereocenters. The highest BCUT2D eigenvalue weighted by Gasteiger charge is 2.49. The van der Waals surface area contributed by atoms with Crippen molar-refractivity contribution in [1.29, 1.82) is 0 Å². The fourth-order valence-electron chi connectivity index (χ4n) is 3.33. The summed E-state index contributed by atoms with van der Waals surface area (Å²) in [5.74, 6) is 0. The Morgan fingerprint density at radius 2 is 2.09 bits per heavy atom. The summed E-state index contributed by atoms with van der Waals surface area (Å²) in [6.07, 6.45) is 1.98. The van der Waals surface area contributed by atoms with Gasteiger partial charge in [-0.05, 0) is 12.0 Å². The number of rotatable bonds is 6. The lowest BCUT2D eigenvalue weighted by Crippen LogP contribution is -2.62. The summed E-state index contributed by atoms with van der Waals surface area (Å²) >= 11 is 0. The number of ether oxygens (including phenoxy) is 2. The van der Waals surface area contributed by atoms with Gasteiger partial charge in [-0.2, -0.15) is 0 Å². The van der Waals surface area contributed by atoms with Crippen LogP contribution in [-0.4, -0.2) is 42.6 Å². The molecule has 3 rings (SSSR count). The Hall–Kier alpha value is -0.940. The maximum absolute atomic E-state index is 10.3. The third-order valence-electron chi connectivity index (χ3n) is 5.23. The van der Waals surface area contributed by atoms with E-state index >= 15 is 0 Å². The van der Waals surface area contributed by atoms with Crippen molar-refractivity contribution in [1.82, 2.24) is 5.32 Å². The first-order valence-corrected chi connectivity index (χ1v) is 8.19. The molecule has 0 amide bonds. The molecular weight excluding hydrogens is 278 g/mol. The molecule has 0 radical (unpaired) electrons. The van der Waals surface area contributed by atoms with Crippen molar-refractivity contribution in [3.63, 3.8) is 0 Å². The number of hydrogen-bond acceptors (Lipinski definition) is 4. The van der Waals surface area contributed by atoms with E-state index in [0.717, 1.165) is 12.8 Å². The molecule has 4 heteroatoms. The van der Waals surface area contributed by atoms with Crippen molar-refractivity contribution in [2.45, 2.75) is 51.0 Å². The van der Waals surface area contributed by atoms with Crippen molar-refractivity contribution in [2.75, 3.05) is 19.8 Å². The molecule has 2 aliphatic rings. The second kappa shape index (κ2) is 6.28. The van der Waals surface area contributed by atoms with Gasteiger partial charge in [0.25, 0.3) is 0 Å². The van der Waals surface area contributed by atoms with E-state index < -0.39 is 5.60 Å². The lowest BCUT2D eigenvalue weighted by molar-refractivity contribution is -0.128. The van der Waals surface area contributed by atoms with Gasteiger partial charge in [0.1, 0.15) is 5.60 Å². The van der Waals surface area contributed by atoms with E-state index in [1.807, 2.05) is 18.2 Å². The van der Waals surface area contributed by atoms with Gasteiger partial charge in [0.15, 0.2) is 0 Å². The van der Waals surface area contributed by atoms with E-state index in [1.165, 1.54) is 5.56 Å². The zero-order chi connectivity index (χ0) is 15.6. The summed E-state index contributed by atoms with van der Waals surface area (Å²) in [6, 6.07) is 10.7. The smallest absolute Gasteiger partial charge is 0.102 e. The van der Waals surface area contributed by atoms with E-state index in [1.54, 1.807) is 0 Å². The second-order valence-electron chi connectivity index (χ2n) is 7.30. The normalized spacial score (nSPS) is 33.6. The maximum Gasteiger partial charge on any atom is 0.102 e. The van der Waals surface area contributed by atoms with Gasteiger partial charge in [-0.3, -0.25) is 0 Å². The highest BCUT2D eigenvalue weighted by Crippen LogP contribution is 2.43. The highest BCUT2D eigenvalue weighted by atomic mass is 16.5. The van der Waals surface area contributed by atoms with Crippen molar-refractivity contribution in [3.8, 4) is 0 Å². The van der Waals surface area contributed by atoms with Gasteiger partial charge < -0.3 is 19.9 Å². The van der Waals surface area contributed by atoms with Gasteiger partial charge in [-0.1, -0.05) is 44.2 Å². The summed E-state index contributed by atoms with van der Waals surface area (Å²) in [6.45, 7) is 6.85. The molecule has 1 saturated heterocycles. The standard InChI is InChI=1S/C18H27NO3/c1-17(2)15(19-12-18(20)8-9-21-13-18)10-16(17)22-11-14-6-4-3-5-7-14/h3-7,15-16,19-20H,8-13H2,1-2H3/t15-,16+,18-/m1/s1. The third kappa shape index (κ3) is 3.35. The molecule has 2 N–H and O–H groups in total. The van der Waals surface area contributed by atoms with Crippen LogP contribution in [0.25, 0.3) is 0 Å². The number of aliphatic hydroxyl groups is 1. The Balaban J connectivity index is 1.45. The van der Waals surface area contributed by atoms with Crippen LogP contribution in [0.4, 0.5) is 0 Å². The SMILES string of the molecule is CC1(C)[C@@H](OCc2ccccc2)C[C@H]1NC[C@]1(O)CCOC1. The first-order valence-electron chi connectivity index (χ1n) is 8.19. The summed E-state index contributed by atoms with van der Waals surface area (Å²) < 4.78 is 11.4. The molecular formula is C18H27NO3. The predicted octanol–water partition coefficient (Wildman–Crippen LogP) is 2.11. The fourth-order valence-corrected chi connectivity index (χ4v) is 3.33. The molecule has 4 nitrogen and oxygen atoms in total. The average Bonchev–Trinajstić information content (AvgIpc) is 2.93. The molecule has 1 aromatic rings. The Morgan fingerprint density at radius 1 is 1.32 bits per heavy atom. The van der Waals surface area contributed by atoms with Gasteiger partial charge in [0.2, 0.25) is 0 Å². The minimum absolute atomic E-state index is 0.0879. The molecule has 3 atom stereocenters. The Kier molecular flexibility index (Phi) is 4.55. The first kappa shape index (κ1) is 15.9. The van der Waals surface area contributed by atoms with Gasteiger partial charge in [-0.15, -0.1) is 0 Å². The van der Waals surface area contributed by atoms with Gasteiger partial charge >= 0.3 is 0 Å². The Morgan fingerprint density at radius 3 is 2.73 bits per heavy atom. The lowest BCUT2D eigenvalue weighted by Gasteiger charge is -2.52. The number of hydrogen-bond donors (Lipinski definition) is 2.